The van der Waals surface area contributed by atoms with E-state index in [2.05, 4.69) is 37.7 Å². The van der Waals surface area contributed by atoms with E-state index in [1.807, 2.05) is 17.6 Å². The van der Waals surface area contributed by atoms with Gasteiger partial charge in [-0.1, -0.05) is 0 Å². The van der Waals surface area contributed by atoms with Crippen LogP contribution in [0.5, 0.6) is 0 Å². The van der Waals surface area contributed by atoms with Crippen molar-refractivity contribution >= 4 is 11.8 Å². The minimum atomic E-state index is 0.594. The Morgan fingerprint density at radius 3 is 2.94 bits per heavy atom. The first-order valence-corrected chi connectivity index (χ1v) is 6.01. The van der Waals surface area contributed by atoms with Crippen molar-refractivity contribution in [2.75, 3.05) is 17.2 Å². The lowest BCUT2D eigenvalue weighted by atomic mass is 10.5. The van der Waals surface area contributed by atoms with Gasteiger partial charge < -0.3 is 15.2 Å². The molecule has 2 aromatic rings. The first-order chi connectivity index (χ1) is 8.83. The number of rotatable bonds is 6. The van der Waals surface area contributed by atoms with Gasteiger partial charge in [0.05, 0.1) is 6.54 Å². The van der Waals surface area contributed by atoms with Gasteiger partial charge in [0, 0.05) is 19.3 Å². The van der Waals surface area contributed by atoms with E-state index < -0.39 is 0 Å². The van der Waals surface area contributed by atoms with Crippen molar-refractivity contribution in [2.45, 2.75) is 26.9 Å². The lowest BCUT2D eigenvalue weighted by Crippen LogP contribution is -2.09. The molecule has 0 aromatic carbocycles. The molecule has 0 unspecified atom stereocenters. The molecule has 0 radical (unpaired) electrons. The van der Waals surface area contributed by atoms with Crippen LogP contribution in [-0.4, -0.2) is 31.3 Å². The molecule has 0 fully saturated rings. The van der Waals surface area contributed by atoms with Crippen LogP contribution in [0.15, 0.2) is 18.6 Å². The van der Waals surface area contributed by atoms with Gasteiger partial charge in [0.25, 0.3) is 0 Å². The Bertz CT molecular complexity index is 494. The Labute approximate surface area is 106 Å². The largest absolute Gasteiger partial charge is 0.363 e. The third kappa shape index (κ3) is 2.93. The monoisotopic (exact) mass is 247 g/mol. The fraction of sp³-hybridized carbons (Fsp3) is 0.455. The van der Waals surface area contributed by atoms with Crippen LogP contribution in [0, 0.1) is 0 Å². The normalized spacial score (nSPS) is 10.3. The van der Waals surface area contributed by atoms with E-state index in [-0.39, 0.29) is 0 Å². The highest BCUT2D eigenvalue weighted by Gasteiger charge is 2.03. The van der Waals surface area contributed by atoms with Crippen LogP contribution in [0.3, 0.4) is 0 Å². The first kappa shape index (κ1) is 12.3. The summed E-state index contributed by atoms with van der Waals surface area (Å²) in [4.78, 5) is 8.44. The maximum atomic E-state index is 4.33. The quantitative estimate of drug-likeness (QED) is 0.796. The summed E-state index contributed by atoms with van der Waals surface area (Å²) in [6.07, 6.45) is 3.44. The van der Waals surface area contributed by atoms with Crippen LogP contribution in [0.4, 0.5) is 11.8 Å². The molecule has 18 heavy (non-hydrogen) atoms. The molecule has 0 aliphatic rings. The molecule has 0 atom stereocenters. The first-order valence-electron chi connectivity index (χ1n) is 6.01. The molecule has 2 heterocycles. The number of aromatic nitrogens is 5. The number of hydrogen-bond acceptors (Lipinski definition) is 6. The highest BCUT2D eigenvalue weighted by Crippen LogP contribution is 2.07. The smallest absolute Gasteiger partial charge is 0.224 e. The van der Waals surface area contributed by atoms with Crippen LogP contribution < -0.4 is 10.6 Å². The summed E-state index contributed by atoms with van der Waals surface area (Å²) >= 11 is 0. The Balaban J connectivity index is 1.99. The third-order valence-electron chi connectivity index (χ3n) is 2.45. The van der Waals surface area contributed by atoms with Crippen molar-refractivity contribution in [3.8, 4) is 0 Å². The third-order valence-corrected chi connectivity index (χ3v) is 2.45. The zero-order valence-electron chi connectivity index (χ0n) is 10.6. The molecule has 0 saturated heterocycles. The van der Waals surface area contributed by atoms with Crippen LogP contribution in [0.2, 0.25) is 0 Å². The second-order valence-electron chi connectivity index (χ2n) is 3.68. The van der Waals surface area contributed by atoms with Gasteiger partial charge in [-0.05, 0) is 19.9 Å². The van der Waals surface area contributed by atoms with E-state index in [0.29, 0.717) is 12.5 Å². The maximum absolute atomic E-state index is 4.33. The molecule has 0 bridgehead atoms. The molecule has 0 saturated carbocycles. The molecule has 2 N–H and O–H groups in total. The van der Waals surface area contributed by atoms with Crippen molar-refractivity contribution in [3.63, 3.8) is 0 Å². The average Bonchev–Trinajstić information content (AvgIpc) is 2.84. The van der Waals surface area contributed by atoms with E-state index in [9.17, 15) is 0 Å². The van der Waals surface area contributed by atoms with Gasteiger partial charge in [-0.25, -0.2) is 4.98 Å². The summed E-state index contributed by atoms with van der Waals surface area (Å²) in [5.74, 6) is 2.28. The molecule has 0 amide bonds. The van der Waals surface area contributed by atoms with Crippen LogP contribution in [-0.2, 0) is 13.1 Å². The van der Waals surface area contributed by atoms with Gasteiger partial charge in [-0.3, -0.25) is 0 Å². The summed E-state index contributed by atoms with van der Waals surface area (Å²) in [7, 11) is 0. The Hall–Kier alpha value is -2.18. The van der Waals surface area contributed by atoms with E-state index in [1.54, 1.807) is 12.5 Å². The standard InChI is InChI=1S/C11H17N7/c1-3-12-11-13-6-5-9(16-11)14-7-10-17-15-8-18(10)4-2/h5-6,8H,3-4,7H2,1-2H3,(H2,12,13,14,16). The van der Waals surface area contributed by atoms with Gasteiger partial charge in [-0.15, -0.1) is 10.2 Å². The topological polar surface area (TPSA) is 80.5 Å². The predicted octanol–water partition coefficient (Wildman–Crippen LogP) is 1.13. The summed E-state index contributed by atoms with van der Waals surface area (Å²) in [6.45, 7) is 6.31. The van der Waals surface area contributed by atoms with Crippen molar-refractivity contribution < 1.29 is 0 Å². The molecule has 0 aliphatic carbocycles. The number of hydrogen-bond donors (Lipinski definition) is 2. The number of nitrogens with one attached hydrogen (secondary N) is 2. The highest BCUT2D eigenvalue weighted by molar-refractivity contribution is 5.39. The van der Waals surface area contributed by atoms with E-state index >= 15 is 0 Å². The Morgan fingerprint density at radius 1 is 1.28 bits per heavy atom. The lowest BCUT2D eigenvalue weighted by molar-refractivity contribution is 0.707. The molecular weight excluding hydrogens is 230 g/mol. The predicted molar refractivity (Wildman–Crippen MR) is 69.2 cm³/mol. The van der Waals surface area contributed by atoms with E-state index in [4.69, 9.17) is 0 Å². The van der Waals surface area contributed by atoms with Crippen molar-refractivity contribution in [1.29, 1.82) is 0 Å². The Kier molecular flexibility index (Phi) is 4.06. The number of anilines is 2. The van der Waals surface area contributed by atoms with Crippen LogP contribution in [0.25, 0.3) is 0 Å². The zero-order chi connectivity index (χ0) is 12.8. The van der Waals surface area contributed by atoms with Gasteiger partial charge in [-0.2, -0.15) is 4.98 Å². The van der Waals surface area contributed by atoms with E-state index in [0.717, 1.165) is 24.7 Å². The molecule has 2 aromatic heterocycles. The average molecular weight is 247 g/mol. The van der Waals surface area contributed by atoms with Gasteiger partial charge in [0.1, 0.15) is 12.1 Å². The summed E-state index contributed by atoms with van der Waals surface area (Å²) < 4.78 is 1.99. The van der Waals surface area contributed by atoms with Crippen molar-refractivity contribution in [2.24, 2.45) is 0 Å². The molecule has 0 aliphatic heterocycles. The fourth-order valence-corrected chi connectivity index (χ4v) is 1.55. The second kappa shape index (κ2) is 5.95. The fourth-order valence-electron chi connectivity index (χ4n) is 1.55. The molecule has 7 nitrogen and oxygen atoms in total. The molecular formula is C11H17N7. The van der Waals surface area contributed by atoms with Gasteiger partial charge in [0.2, 0.25) is 5.95 Å². The Morgan fingerprint density at radius 2 is 2.17 bits per heavy atom. The van der Waals surface area contributed by atoms with Crippen molar-refractivity contribution in [3.05, 3.63) is 24.4 Å². The zero-order valence-corrected chi connectivity index (χ0v) is 10.6. The molecule has 0 spiro atoms. The summed E-state index contributed by atoms with van der Waals surface area (Å²) in [5.41, 5.74) is 0. The molecule has 2 rings (SSSR count). The van der Waals surface area contributed by atoms with E-state index in [1.165, 1.54) is 0 Å². The maximum Gasteiger partial charge on any atom is 0.224 e. The minimum absolute atomic E-state index is 0.594. The number of aryl methyl sites for hydroxylation is 1. The summed E-state index contributed by atoms with van der Waals surface area (Å²) in [6, 6.07) is 1.83. The number of nitrogens with zero attached hydrogens (tertiary/aromatic N) is 5. The lowest BCUT2D eigenvalue weighted by Gasteiger charge is -2.07. The minimum Gasteiger partial charge on any atom is -0.363 e. The highest BCUT2D eigenvalue weighted by atomic mass is 15.3. The van der Waals surface area contributed by atoms with Crippen LogP contribution >= 0.6 is 0 Å². The second-order valence-corrected chi connectivity index (χ2v) is 3.68. The molecule has 7 heteroatoms. The SMILES string of the molecule is CCNc1nccc(NCc2nncn2CC)n1. The molecule has 96 valence electrons. The van der Waals surface area contributed by atoms with Gasteiger partial charge >= 0.3 is 0 Å². The summed E-state index contributed by atoms with van der Waals surface area (Å²) in [5, 5.41) is 14.2. The van der Waals surface area contributed by atoms with Gasteiger partial charge in [0.15, 0.2) is 5.82 Å². The van der Waals surface area contributed by atoms with Crippen molar-refractivity contribution in [1.82, 2.24) is 24.7 Å². The van der Waals surface area contributed by atoms with Crippen LogP contribution in [0.1, 0.15) is 19.7 Å².